The van der Waals surface area contributed by atoms with E-state index in [9.17, 15) is 18.3 Å². The van der Waals surface area contributed by atoms with Crippen LogP contribution in [0, 0.1) is 5.92 Å². The summed E-state index contributed by atoms with van der Waals surface area (Å²) in [5.41, 5.74) is 1.68. The van der Waals surface area contributed by atoms with Crippen molar-refractivity contribution in [2.24, 2.45) is 5.92 Å². The van der Waals surface area contributed by atoms with Crippen LogP contribution in [0.25, 0.3) is 0 Å². The van der Waals surface area contributed by atoms with Gasteiger partial charge in [-0.15, -0.1) is 0 Å². The molecule has 25 heavy (non-hydrogen) atoms. The standard InChI is InChI=1S/C18H26N2O4S/c1-13-5-8-20(9-6-13)10-7-19-25(23,24)17-12-15(18(21)22)11-14-3-2-4-16(14)17/h11-13,19H,2-10H2,1H3,(H,21,22). The van der Waals surface area contributed by atoms with Crippen LogP contribution < -0.4 is 4.72 Å². The summed E-state index contributed by atoms with van der Waals surface area (Å²) in [4.78, 5) is 13.7. The molecule has 0 bridgehead atoms. The molecule has 0 spiro atoms. The van der Waals surface area contributed by atoms with Crippen LogP contribution in [0.3, 0.4) is 0 Å². The molecule has 1 fully saturated rings. The molecule has 2 aliphatic rings. The molecule has 1 aliphatic heterocycles. The molecule has 0 radical (unpaired) electrons. The largest absolute Gasteiger partial charge is 0.478 e. The van der Waals surface area contributed by atoms with Gasteiger partial charge >= 0.3 is 5.97 Å². The lowest BCUT2D eigenvalue weighted by Crippen LogP contribution is -2.39. The Bertz CT molecular complexity index is 753. The lowest BCUT2D eigenvalue weighted by Gasteiger charge is -2.30. The number of rotatable bonds is 6. The maximum atomic E-state index is 12.7. The predicted octanol–water partition coefficient (Wildman–Crippen LogP) is 1.88. The first-order valence-corrected chi connectivity index (χ1v) is 10.5. The minimum atomic E-state index is -3.69. The SMILES string of the molecule is CC1CCN(CCNS(=O)(=O)c2cc(C(=O)O)cc3c2CCC3)CC1. The summed E-state index contributed by atoms with van der Waals surface area (Å²) >= 11 is 0. The summed E-state index contributed by atoms with van der Waals surface area (Å²) in [5.74, 6) is -0.345. The second-order valence-electron chi connectivity index (χ2n) is 7.19. The van der Waals surface area contributed by atoms with Gasteiger partial charge in [-0.2, -0.15) is 0 Å². The summed E-state index contributed by atoms with van der Waals surface area (Å²) in [6, 6.07) is 2.91. The molecule has 1 saturated heterocycles. The number of carbonyl (C=O) groups is 1. The third kappa shape index (κ3) is 4.22. The minimum absolute atomic E-state index is 0.0473. The molecule has 138 valence electrons. The molecule has 2 N–H and O–H groups in total. The Kier molecular flexibility index (Phi) is 5.46. The van der Waals surface area contributed by atoms with E-state index in [1.165, 1.54) is 6.07 Å². The van der Waals surface area contributed by atoms with Gasteiger partial charge in [-0.25, -0.2) is 17.9 Å². The van der Waals surface area contributed by atoms with Gasteiger partial charge < -0.3 is 10.0 Å². The molecule has 0 unspecified atom stereocenters. The first-order chi connectivity index (χ1) is 11.9. The zero-order valence-electron chi connectivity index (χ0n) is 14.6. The van der Waals surface area contributed by atoms with Gasteiger partial charge in [0, 0.05) is 13.1 Å². The normalized spacial score (nSPS) is 19.1. The van der Waals surface area contributed by atoms with E-state index in [0.717, 1.165) is 55.8 Å². The Balaban J connectivity index is 1.71. The molecule has 0 aromatic heterocycles. The van der Waals surface area contributed by atoms with E-state index >= 15 is 0 Å². The van der Waals surface area contributed by atoms with Crippen LogP contribution in [-0.2, 0) is 22.9 Å². The van der Waals surface area contributed by atoms with Gasteiger partial charge in [-0.1, -0.05) is 6.92 Å². The third-order valence-electron chi connectivity index (χ3n) is 5.31. The van der Waals surface area contributed by atoms with Crippen molar-refractivity contribution >= 4 is 16.0 Å². The summed E-state index contributed by atoms with van der Waals surface area (Å²) in [7, 11) is -3.69. The first-order valence-electron chi connectivity index (χ1n) is 8.98. The topological polar surface area (TPSA) is 86.7 Å². The van der Waals surface area contributed by atoms with Gasteiger partial charge in [0.2, 0.25) is 10.0 Å². The van der Waals surface area contributed by atoms with Crippen molar-refractivity contribution in [3.63, 3.8) is 0 Å². The van der Waals surface area contributed by atoms with Gasteiger partial charge in [0.15, 0.2) is 0 Å². The number of carboxylic acids is 1. The molecule has 0 amide bonds. The van der Waals surface area contributed by atoms with E-state index in [2.05, 4.69) is 16.5 Å². The Morgan fingerprint density at radius 2 is 2.00 bits per heavy atom. The number of hydrogen-bond donors (Lipinski definition) is 2. The van der Waals surface area contributed by atoms with Crippen molar-refractivity contribution in [1.29, 1.82) is 0 Å². The number of sulfonamides is 1. The molecule has 1 aromatic rings. The van der Waals surface area contributed by atoms with Crippen molar-refractivity contribution in [3.8, 4) is 0 Å². The van der Waals surface area contributed by atoms with Crippen molar-refractivity contribution in [1.82, 2.24) is 9.62 Å². The summed E-state index contributed by atoms with van der Waals surface area (Å²) in [5, 5.41) is 9.25. The maximum Gasteiger partial charge on any atom is 0.335 e. The average Bonchev–Trinajstić information content (AvgIpc) is 3.04. The third-order valence-corrected chi connectivity index (χ3v) is 6.83. The van der Waals surface area contributed by atoms with E-state index in [1.807, 2.05) is 0 Å². The van der Waals surface area contributed by atoms with E-state index in [1.54, 1.807) is 6.07 Å². The molecule has 1 heterocycles. The quantitative estimate of drug-likeness (QED) is 0.803. The van der Waals surface area contributed by atoms with Crippen LogP contribution in [0.4, 0.5) is 0 Å². The van der Waals surface area contributed by atoms with Crippen LogP contribution in [0.15, 0.2) is 17.0 Å². The lowest BCUT2D eigenvalue weighted by molar-refractivity contribution is 0.0696. The number of nitrogens with zero attached hydrogens (tertiary/aromatic N) is 1. The minimum Gasteiger partial charge on any atom is -0.478 e. The zero-order valence-corrected chi connectivity index (χ0v) is 15.4. The van der Waals surface area contributed by atoms with E-state index in [0.29, 0.717) is 19.5 Å². The fraction of sp³-hybridized carbons (Fsp3) is 0.611. The monoisotopic (exact) mass is 366 g/mol. The van der Waals surface area contributed by atoms with Crippen LogP contribution in [-0.4, -0.2) is 50.6 Å². The van der Waals surface area contributed by atoms with Gasteiger partial charge in [0.1, 0.15) is 0 Å². The molecule has 6 nitrogen and oxygen atoms in total. The van der Waals surface area contributed by atoms with Gasteiger partial charge in [-0.05, 0) is 74.4 Å². The number of aryl methyl sites for hydroxylation is 1. The van der Waals surface area contributed by atoms with Crippen LogP contribution >= 0.6 is 0 Å². The average molecular weight is 366 g/mol. The molecule has 7 heteroatoms. The Morgan fingerprint density at radius 1 is 1.28 bits per heavy atom. The second-order valence-corrected chi connectivity index (χ2v) is 8.93. The molecule has 0 saturated carbocycles. The highest BCUT2D eigenvalue weighted by atomic mass is 32.2. The molecule has 0 atom stereocenters. The van der Waals surface area contributed by atoms with Crippen molar-refractivity contribution < 1.29 is 18.3 Å². The lowest BCUT2D eigenvalue weighted by atomic mass is 9.99. The van der Waals surface area contributed by atoms with E-state index < -0.39 is 16.0 Å². The molecular weight excluding hydrogens is 340 g/mol. The molecule has 3 rings (SSSR count). The number of fused-ring (bicyclic) bond motifs is 1. The summed E-state index contributed by atoms with van der Waals surface area (Å²) < 4.78 is 28.1. The van der Waals surface area contributed by atoms with Gasteiger partial charge in [0.05, 0.1) is 10.5 Å². The Hall–Kier alpha value is -1.44. The number of carboxylic acid groups (broad SMARTS) is 1. The van der Waals surface area contributed by atoms with Gasteiger partial charge in [-0.3, -0.25) is 0 Å². The molecule has 1 aliphatic carbocycles. The van der Waals surface area contributed by atoms with Crippen molar-refractivity contribution in [2.45, 2.75) is 43.9 Å². The highest BCUT2D eigenvalue weighted by Crippen LogP contribution is 2.30. The van der Waals surface area contributed by atoms with E-state index in [4.69, 9.17) is 0 Å². The number of likely N-dealkylation sites (tertiary alicyclic amines) is 1. The van der Waals surface area contributed by atoms with Crippen LogP contribution in [0.1, 0.15) is 47.7 Å². The number of piperidine rings is 1. The summed E-state index contributed by atoms with van der Waals surface area (Å²) in [6.45, 7) is 5.30. The second kappa shape index (κ2) is 7.43. The highest BCUT2D eigenvalue weighted by molar-refractivity contribution is 7.89. The number of aromatic carboxylic acids is 1. The summed E-state index contributed by atoms with van der Waals surface area (Å²) in [6.07, 6.45) is 4.61. The number of hydrogen-bond acceptors (Lipinski definition) is 4. The van der Waals surface area contributed by atoms with E-state index in [-0.39, 0.29) is 10.5 Å². The predicted molar refractivity (Wildman–Crippen MR) is 95.5 cm³/mol. The number of benzene rings is 1. The maximum absolute atomic E-state index is 12.7. The molecular formula is C18H26N2O4S. The zero-order chi connectivity index (χ0) is 18.0. The fourth-order valence-electron chi connectivity index (χ4n) is 3.73. The van der Waals surface area contributed by atoms with Crippen LogP contribution in [0.5, 0.6) is 0 Å². The van der Waals surface area contributed by atoms with Crippen molar-refractivity contribution in [3.05, 3.63) is 28.8 Å². The smallest absolute Gasteiger partial charge is 0.335 e. The Labute approximate surface area is 149 Å². The highest BCUT2D eigenvalue weighted by Gasteiger charge is 2.26. The van der Waals surface area contributed by atoms with Crippen LogP contribution in [0.2, 0.25) is 0 Å². The first kappa shape index (κ1) is 18.4. The fourth-order valence-corrected chi connectivity index (χ4v) is 5.09. The van der Waals surface area contributed by atoms with Crippen molar-refractivity contribution in [2.75, 3.05) is 26.2 Å². The molecule has 1 aromatic carbocycles. The number of nitrogens with one attached hydrogen (secondary N) is 1. The van der Waals surface area contributed by atoms with Gasteiger partial charge in [0.25, 0.3) is 0 Å². The Morgan fingerprint density at radius 3 is 2.68 bits per heavy atom.